The molecule has 68 heavy (non-hydrogen) atoms. The fourth-order valence-electron chi connectivity index (χ4n) is 7.43. The van der Waals surface area contributed by atoms with Gasteiger partial charge in [-0.1, -0.05) is 12.1 Å². The van der Waals surface area contributed by atoms with Gasteiger partial charge in [-0.2, -0.15) is 5.10 Å². The predicted octanol–water partition coefficient (Wildman–Crippen LogP) is 6.59. The summed E-state index contributed by atoms with van der Waals surface area (Å²) in [5.41, 5.74) is 3.61. The molecule has 20 heteroatoms. The zero-order valence-electron chi connectivity index (χ0n) is 39.0. The van der Waals surface area contributed by atoms with Gasteiger partial charge in [0.1, 0.15) is 64.3 Å². The molecule has 1 aliphatic rings. The minimum Gasteiger partial charge on any atom is -0.491 e. The third-order valence-electron chi connectivity index (χ3n) is 11.8. The third kappa shape index (κ3) is 11.3. The number of halogens is 1. The topological polar surface area (TPSA) is 220 Å². The first-order chi connectivity index (χ1) is 32.4. The number of amides is 2. The number of likely N-dealkylation sites (N-methyl/N-ethyl adjacent to an activating group) is 1. The maximum atomic E-state index is 14.3. The van der Waals surface area contributed by atoms with E-state index >= 15 is 0 Å². The van der Waals surface area contributed by atoms with Crippen molar-refractivity contribution in [3.05, 3.63) is 111 Å². The van der Waals surface area contributed by atoms with Gasteiger partial charge < -0.3 is 35.1 Å². The standard InChI is InChI=1S/C48H56FN9O8S2/c1-28-29(2)56-57-43(28)55-44-35-24-41(68(62,63)48(4,5)6)40(25-36(35)51-27-52-44)66-22-20-64-19-21-65-34-16-10-31(11-17-34)23-37(53-45(60)30(3)50-7)47(61)58-18-8-9-39(58)46-54-38(26-67-46)42(59)32-12-14-33(49)15-13-32/h10-17,24-27,30,37,39,50H,8-9,18-23H2,1-7H3,(H,53,60)(H2,51,52,55,56,57). The van der Waals surface area contributed by atoms with Crippen molar-refractivity contribution in [2.45, 2.75) is 88.6 Å². The second kappa shape index (κ2) is 21.3. The first kappa shape index (κ1) is 49.6. The van der Waals surface area contributed by atoms with E-state index in [4.69, 9.17) is 14.2 Å². The fourth-order valence-corrected chi connectivity index (χ4v) is 9.69. The number of benzene rings is 3. The van der Waals surface area contributed by atoms with Crippen LogP contribution in [0, 0.1) is 19.7 Å². The van der Waals surface area contributed by atoms with Gasteiger partial charge in [0.05, 0.1) is 35.6 Å². The Kier molecular flexibility index (Phi) is 15.5. The minimum absolute atomic E-state index is 0.00622. The molecule has 0 radical (unpaired) electrons. The highest BCUT2D eigenvalue weighted by Gasteiger charge is 2.38. The average Bonchev–Trinajstić information content (AvgIpc) is 4.09. The Morgan fingerprint density at radius 2 is 1.69 bits per heavy atom. The molecule has 7 rings (SSSR count). The van der Waals surface area contributed by atoms with Crippen LogP contribution in [0.5, 0.6) is 11.5 Å². The number of aromatic amines is 1. The average molecular weight is 970 g/mol. The number of carbonyl (C=O) groups excluding carboxylic acids is 3. The van der Waals surface area contributed by atoms with Crippen molar-refractivity contribution in [1.82, 2.24) is 40.7 Å². The number of sulfone groups is 1. The summed E-state index contributed by atoms with van der Waals surface area (Å²) in [6, 6.07) is 13.9. The summed E-state index contributed by atoms with van der Waals surface area (Å²) in [7, 11) is -2.21. The minimum atomic E-state index is -3.88. The highest BCUT2D eigenvalue weighted by molar-refractivity contribution is 7.92. The van der Waals surface area contributed by atoms with Crippen molar-refractivity contribution < 1.29 is 41.4 Å². The molecule has 1 saturated heterocycles. The predicted molar refractivity (Wildman–Crippen MR) is 256 cm³/mol. The van der Waals surface area contributed by atoms with Crippen LogP contribution < -0.4 is 25.4 Å². The monoisotopic (exact) mass is 969 g/mol. The maximum Gasteiger partial charge on any atom is 0.246 e. The number of H-pyrrole nitrogens is 1. The van der Waals surface area contributed by atoms with Crippen molar-refractivity contribution in [3.8, 4) is 11.5 Å². The molecule has 0 saturated carbocycles. The third-order valence-corrected chi connectivity index (χ3v) is 15.2. The molecule has 4 N–H and O–H groups in total. The Morgan fingerprint density at radius 1 is 0.971 bits per heavy atom. The van der Waals surface area contributed by atoms with E-state index in [1.807, 2.05) is 26.0 Å². The van der Waals surface area contributed by atoms with Crippen molar-refractivity contribution in [2.75, 3.05) is 45.3 Å². The van der Waals surface area contributed by atoms with E-state index in [9.17, 15) is 27.2 Å². The quantitative estimate of drug-likeness (QED) is 0.0469. The van der Waals surface area contributed by atoms with E-state index in [-0.39, 0.29) is 72.8 Å². The number of hydrogen-bond acceptors (Lipinski definition) is 15. The number of carbonyl (C=O) groups is 3. The van der Waals surface area contributed by atoms with Crippen molar-refractivity contribution in [1.29, 1.82) is 0 Å². The first-order valence-electron chi connectivity index (χ1n) is 22.2. The number of hydrogen-bond donors (Lipinski definition) is 4. The molecule has 0 aliphatic carbocycles. The lowest BCUT2D eigenvalue weighted by atomic mass is 10.0. The Morgan fingerprint density at radius 3 is 2.37 bits per heavy atom. The maximum absolute atomic E-state index is 14.3. The van der Waals surface area contributed by atoms with E-state index in [1.165, 1.54) is 48.0 Å². The van der Waals surface area contributed by atoms with Gasteiger partial charge in [0.15, 0.2) is 15.7 Å². The highest BCUT2D eigenvalue weighted by atomic mass is 32.2. The summed E-state index contributed by atoms with van der Waals surface area (Å²) in [6.07, 6.45) is 2.97. The molecular formula is C48H56FN9O8S2. The second-order valence-electron chi connectivity index (χ2n) is 17.4. The number of nitrogens with one attached hydrogen (secondary N) is 4. The first-order valence-corrected chi connectivity index (χ1v) is 24.6. The second-order valence-corrected chi connectivity index (χ2v) is 21.0. The molecule has 3 aromatic heterocycles. The molecule has 17 nitrogen and oxygen atoms in total. The van der Waals surface area contributed by atoms with Crippen molar-refractivity contribution in [2.24, 2.45) is 0 Å². The van der Waals surface area contributed by atoms with Crippen LogP contribution in [0.2, 0.25) is 0 Å². The van der Waals surface area contributed by atoms with Gasteiger partial charge in [-0.05, 0) is 109 Å². The largest absolute Gasteiger partial charge is 0.491 e. The lowest BCUT2D eigenvalue weighted by Crippen LogP contribution is -2.53. The number of nitrogens with zero attached hydrogens (tertiary/aromatic N) is 5. The molecular weight excluding hydrogens is 914 g/mol. The molecule has 2 amide bonds. The molecule has 6 aromatic rings. The van der Waals surface area contributed by atoms with Crippen LogP contribution in [0.3, 0.4) is 0 Å². The number of thiazole rings is 1. The Bertz CT molecular complexity index is 2870. The fraction of sp³-hybridized carbons (Fsp3) is 0.396. The van der Waals surface area contributed by atoms with E-state index in [1.54, 1.807) is 63.2 Å². The summed E-state index contributed by atoms with van der Waals surface area (Å²) in [6.45, 7) is 11.5. The number of likely N-dealkylation sites (tertiary alicyclic amines) is 1. The molecule has 3 atom stereocenters. The smallest absolute Gasteiger partial charge is 0.246 e. The number of rotatable bonds is 20. The number of aryl methyl sites for hydroxylation is 1. The van der Waals surface area contributed by atoms with Gasteiger partial charge in [-0.25, -0.2) is 27.8 Å². The summed E-state index contributed by atoms with van der Waals surface area (Å²) in [5.74, 6) is 0.330. The van der Waals surface area contributed by atoms with Crippen LogP contribution in [0.1, 0.15) is 84.5 Å². The van der Waals surface area contributed by atoms with Gasteiger partial charge in [-0.15, -0.1) is 11.3 Å². The SMILES string of the molecule is CNC(C)C(=O)NC(Cc1ccc(OCCOCCOc2cc3ncnc(Nc4n[nH]c(C)c4C)c3cc2S(=O)(=O)C(C)(C)C)cc1)C(=O)N1CCCC1c1nc(C(=O)c2ccc(F)cc2)cs1. The Labute approximate surface area is 398 Å². The number of aromatic nitrogens is 5. The molecule has 4 heterocycles. The van der Waals surface area contributed by atoms with Gasteiger partial charge >= 0.3 is 0 Å². The molecule has 1 aliphatic heterocycles. The summed E-state index contributed by atoms with van der Waals surface area (Å²) in [4.78, 5) is 55.6. The Hall–Kier alpha value is -6.35. The molecule has 360 valence electrons. The van der Waals surface area contributed by atoms with Crippen LogP contribution in [0.25, 0.3) is 10.9 Å². The lowest BCUT2D eigenvalue weighted by Gasteiger charge is -2.29. The molecule has 0 spiro atoms. The van der Waals surface area contributed by atoms with E-state index in [2.05, 4.69) is 41.1 Å². The van der Waals surface area contributed by atoms with E-state index in [0.29, 0.717) is 51.8 Å². The number of ketones is 1. The molecule has 1 fully saturated rings. The van der Waals surface area contributed by atoms with Crippen molar-refractivity contribution in [3.63, 3.8) is 0 Å². The number of fused-ring (bicyclic) bond motifs is 1. The zero-order chi connectivity index (χ0) is 48.8. The molecule has 3 aromatic carbocycles. The molecule has 3 unspecified atom stereocenters. The number of anilines is 2. The van der Waals surface area contributed by atoms with Gasteiger partial charge in [-0.3, -0.25) is 19.5 Å². The van der Waals surface area contributed by atoms with Crippen LogP contribution in [0.15, 0.2) is 77.3 Å². The zero-order valence-corrected chi connectivity index (χ0v) is 40.6. The highest BCUT2D eigenvalue weighted by Crippen LogP contribution is 2.38. The summed E-state index contributed by atoms with van der Waals surface area (Å²) < 4.78 is 57.8. The number of ether oxygens (including phenoxy) is 3. The summed E-state index contributed by atoms with van der Waals surface area (Å²) in [5, 5.41) is 19.1. The van der Waals surface area contributed by atoms with Gasteiger partial charge in [0.2, 0.25) is 17.6 Å². The van der Waals surface area contributed by atoms with Crippen molar-refractivity contribution >= 4 is 61.3 Å². The van der Waals surface area contributed by atoms with Crippen LogP contribution >= 0.6 is 11.3 Å². The Balaban J connectivity index is 0.941. The molecule has 0 bridgehead atoms. The summed E-state index contributed by atoms with van der Waals surface area (Å²) >= 11 is 1.29. The lowest BCUT2D eigenvalue weighted by molar-refractivity contribution is -0.137. The van der Waals surface area contributed by atoms with Gasteiger partial charge in [0, 0.05) is 46.6 Å². The van der Waals surface area contributed by atoms with E-state index < -0.39 is 32.5 Å². The normalized spacial score (nSPS) is 15.0. The van der Waals surface area contributed by atoms with Crippen LogP contribution in [0.4, 0.5) is 16.0 Å². The van der Waals surface area contributed by atoms with Gasteiger partial charge in [0.25, 0.3) is 0 Å². The van der Waals surface area contributed by atoms with Crippen LogP contribution in [-0.2, 0) is 30.6 Å². The van der Waals surface area contributed by atoms with E-state index in [0.717, 1.165) is 23.2 Å². The van der Waals surface area contributed by atoms with Crippen LogP contribution in [-0.4, -0.2) is 113 Å².